The number of allylic oxidation sites excluding steroid dienone is 4. The topological polar surface area (TPSA) is 24.1 Å². The minimum atomic E-state index is -2.70. The molecule has 0 aromatic heterocycles. The molecular weight excluding hydrogens is 222 g/mol. The van der Waals surface area contributed by atoms with Gasteiger partial charge in [-0.1, -0.05) is 19.1 Å². The highest BCUT2D eigenvalue weighted by Gasteiger charge is 2.20. The Bertz CT molecular complexity index is 299. The van der Waals surface area contributed by atoms with E-state index in [-0.39, 0.29) is 6.54 Å². The van der Waals surface area contributed by atoms with Gasteiger partial charge in [0.05, 0.1) is 6.54 Å². The molecule has 0 aliphatic rings. The highest BCUT2D eigenvalue weighted by atomic mass is 19.3. The SMILES string of the molecule is C\C=C(/C=C\C(=C/CC)NCC(C)(F)F)NC. The summed E-state index contributed by atoms with van der Waals surface area (Å²) in [5.41, 5.74) is 1.65. The third kappa shape index (κ3) is 8.48. The maximum absolute atomic E-state index is 12.7. The van der Waals surface area contributed by atoms with Crippen molar-refractivity contribution >= 4 is 0 Å². The van der Waals surface area contributed by atoms with Crippen molar-refractivity contribution in [1.82, 2.24) is 10.6 Å². The highest BCUT2D eigenvalue weighted by molar-refractivity contribution is 5.25. The van der Waals surface area contributed by atoms with Crippen molar-refractivity contribution in [3.8, 4) is 0 Å². The summed E-state index contributed by atoms with van der Waals surface area (Å²) in [6, 6.07) is 0. The smallest absolute Gasteiger partial charge is 0.262 e. The van der Waals surface area contributed by atoms with Gasteiger partial charge in [0, 0.05) is 25.4 Å². The van der Waals surface area contributed by atoms with Crippen LogP contribution in [0, 0.1) is 0 Å². The summed E-state index contributed by atoms with van der Waals surface area (Å²) in [5, 5.41) is 5.73. The Hall–Kier alpha value is -1.32. The van der Waals surface area contributed by atoms with Crippen molar-refractivity contribution in [2.75, 3.05) is 13.6 Å². The first-order valence-electron chi connectivity index (χ1n) is 5.77. The molecule has 0 amide bonds. The summed E-state index contributed by atoms with van der Waals surface area (Å²) < 4.78 is 25.4. The predicted octanol–water partition coefficient (Wildman–Crippen LogP) is 3.20. The van der Waals surface area contributed by atoms with Crippen LogP contribution in [-0.4, -0.2) is 19.5 Å². The normalized spacial score (nSPS) is 14.2. The lowest BCUT2D eigenvalue weighted by molar-refractivity contribution is 0.0254. The van der Waals surface area contributed by atoms with Gasteiger partial charge in [-0.05, 0) is 25.5 Å². The molecule has 17 heavy (non-hydrogen) atoms. The number of hydrogen-bond acceptors (Lipinski definition) is 2. The molecule has 0 unspecified atom stereocenters. The second-order valence-corrected chi connectivity index (χ2v) is 3.82. The van der Waals surface area contributed by atoms with Gasteiger partial charge >= 0.3 is 0 Å². The van der Waals surface area contributed by atoms with Gasteiger partial charge < -0.3 is 10.6 Å². The third-order valence-electron chi connectivity index (χ3n) is 2.07. The van der Waals surface area contributed by atoms with Gasteiger partial charge in [-0.3, -0.25) is 0 Å². The minimum absolute atomic E-state index is 0.353. The molecule has 0 bridgehead atoms. The minimum Gasteiger partial charge on any atom is -0.388 e. The van der Waals surface area contributed by atoms with Crippen LogP contribution in [0.15, 0.2) is 35.7 Å². The molecule has 0 atom stereocenters. The molecule has 0 heterocycles. The van der Waals surface area contributed by atoms with Gasteiger partial charge in [-0.25, -0.2) is 8.78 Å². The van der Waals surface area contributed by atoms with Crippen LogP contribution >= 0.6 is 0 Å². The van der Waals surface area contributed by atoms with Gasteiger partial charge in [0.2, 0.25) is 0 Å². The molecule has 0 aromatic rings. The van der Waals surface area contributed by atoms with Crippen molar-refractivity contribution in [2.24, 2.45) is 0 Å². The molecule has 0 fully saturated rings. The largest absolute Gasteiger partial charge is 0.388 e. The summed E-state index contributed by atoms with van der Waals surface area (Å²) in [6.45, 7) is 4.42. The Morgan fingerprint density at radius 1 is 1.24 bits per heavy atom. The molecule has 0 aromatic carbocycles. The van der Waals surface area contributed by atoms with E-state index in [1.165, 1.54) is 0 Å². The van der Waals surface area contributed by atoms with Crippen molar-refractivity contribution in [2.45, 2.75) is 33.1 Å². The summed E-state index contributed by atoms with van der Waals surface area (Å²) in [6.07, 6.45) is 8.23. The summed E-state index contributed by atoms with van der Waals surface area (Å²) in [4.78, 5) is 0. The fourth-order valence-corrected chi connectivity index (χ4v) is 1.18. The summed E-state index contributed by atoms with van der Waals surface area (Å²) in [5.74, 6) is -2.70. The van der Waals surface area contributed by atoms with E-state index in [1.807, 2.05) is 39.1 Å². The summed E-state index contributed by atoms with van der Waals surface area (Å²) in [7, 11) is 1.82. The number of nitrogens with one attached hydrogen (secondary N) is 2. The Morgan fingerprint density at radius 3 is 2.24 bits per heavy atom. The van der Waals surface area contributed by atoms with Crippen LogP contribution in [0.25, 0.3) is 0 Å². The molecule has 0 radical (unpaired) electrons. The fourth-order valence-electron chi connectivity index (χ4n) is 1.18. The van der Waals surface area contributed by atoms with E-state index < -0.39 is 5.92 Å². The number of rotatable bonds is 7. The standard InChI is InChI=1S/C13H22F2N2/c1-5-7-12(17-10-13(3,14)15)9-8-11(6-2)16-4/h6-9,16-17H,5,10H2,1-4H3/b9-8-,11-6+,12-7+. The lowest BCUT2D eigenvalue weighted by atomic mass is 10.2. The van der Waals surface area contributed by atoms with Crippen molar-refractivity contribution in [3.05, 3.63) is 35.7 Å². The second-order valence-electron chi connectivity index (χ2n) is 3.82. The van der Waals surface area contributed by atoms with Crippen LogP contribution in [0.1, 0.15) is 27.2 Å². The predicted molar refractivity (Wildman–Crippen MR) is 69.0 cm³/mol. The van der Waals surface area contributed by atoms with Crippen molar-refractivity contribution in [3.63, 3.8) is 0 Å². The molecule has 0 saturated carbocycles. The number of halogens is 2. The summed E-state index contributed by atoms with van der Waals surface area (Å²) >= 11 is 0. The lowest BCUT2D eigenvalue weighted by Gasteiger charge is -2.13. The molecule has 2 nitrogen and oxygen atoms in total. The highest BCUT2D eigenvalue weighted by Crippen LogP contribution is 2.10. The molecule has 2 N–H and O–H groups in total. The average molecular weight is 244 g/mol. The van der Waals surface area contributed by atoms with Crippen LogP contribution in [-0.2, 0) is 0 Å². The van der Waals surface area contributed by atoms with E-state index in [4.69, 9.17) is 0 Å². The van der Waals surface area contributed by atoms with Gasteiger partial charge in [0.15, 0.2) is 0 Å². The first kappa shape index (κ1) is 15.7. The van der Waals surface area contributed by atoms with Crippen LogP contribution < -0.4 is 10.6 Å². The van der Waals surface area contributed by atoms with E-state index in [9.17, 15) is 8.78 Å². The van der Waals surface area contributed by atoms with Crippen LogP contribution in [0.5, 0.6) is 0 Å². The van der Waals surface area contributed by atoms with E-state index in [1.54, 1.807) is 6.08 Å². The third-order valence-corrected chi connectivity index (χ3v) is 2.07. The zero-order valence-corrected chi connectivity index (χ0v) is 11.0. The Labute approximate surface area is 102 Å². The van der Waals surface area contributed by atoms with Gasteiger partial charge in [-0.15, -0.1) is 0 Å². The Balaban J connectivity index is 4.51. The number of alkyl halides is 2. The quantitative estimate of drug-likeness (QED) is 0.672. The van der Waals surface area contributed by atoms with Gasteiger partial charge in [-0.2, -0.15) is 0 Å². The van der Waals surface area contributed by atoms with Crippen LogP contribution in [0.4, 0.5) is 8.78 Å². The molecule has 4 heteroatoms. The fraction of sp³-hybridized carbons (Fsp3) is 0.538. The monoisotopic (exact) mass is 244 g/mol. The molecule has 0 rings (SSSR count). The van der Waals surface area contributed by atoms with Crippen molar-refractivity contribution < 1.29 is 8.78 Å². The molecule has 98 valence electrons. The maximum Gasteiger partial charge on any atom is 0.262 e. The number of hydrogen-bond donors (Lipinski definition) is 2. The Kier molecular flexibility index (Phi) is 7.26. The van der Waals surface area contributed by atoms with Gasteiger partial charge in [0.1, 0.15) is 0 Å². The maximum atomic E-state index is 12.7. The van der Waals surface area contributed by atoms with E-state index in [2.05, 4.69) is 10.6 Å². The molecule has 0 spiro atoms. The van der Waals surface area contributed by atoms with Crippen LogP contribution in [0.2, 0.25) is 0 Å². The van der Waals surface area contributed by atoms with Crippen LogP contribution in [0.3, 0.4) is 0 Å². The van der Waals surface area contributed by atoms with E-state index in [0.717, 1.165) is 19.0 Å². The first-order valence-corrected chi connectivity index (χ1v) is 5.77. The van der Waals surface area contributed by atoms with E-state index in [0.29, 0.717) is 5.70 Å². The molecule has 0 aliphatic carbocycles. The first-order chi connectivity index (χ1) is 7.92. The molecule has 0 saturated heterocycles. The zero-order chi connectivity index (χ0) is 13.3. The second kappa shape index (κ2) is 7.87. The average Bonchev–Trinajstić information content (AvgIpc) is 2.26. The molecule has 0 aliphatic heterocycles. The zero-order valence-electron chi connectivity index (χ0n) is 11.0. The van der Waals surface area contributed by atoms with E-state index >= 15 is 0 Å². The number of likely N-dealkylation sites (N-methyl/N-ethyl adjacent to an activating group) is 1. The Morgan fingerprint density at radius 2 is 1.82 bits per heavy atom. The lowest BCUT2D eigenvalue weighted by Crippen LogP contribution is -2.28. The van der Waals surface area contributed by atoms with Gasteiger partial charge in [0.25, 0.3) is 5.92 Å². The van der Waals surface area contributed by atoms with Crippen molar-refractivity contribution in [1.29, 1.82) is 0 Å². The molecular formula is C13H22F2N2.